The molecule has 1 rings (SSSR count). The minimum atomic E-state index is 0.405. The number of aromatic nitrogens is 1. The van der Waals surface area contributed by atoms with Crippen LogP contribution in [0.5, 0.6) is 0 Å². The third-order valence-electron chi connectivity index (χ3n) is 2.42. The van der Waals surface area contributed by atoms with E-state index in [9.17, 15) is 4.79 Å². The number of rotatable bonds is 5. The van der Waals surface area contributed by atoms with Crippen LogP contribution in [0.4, 0.5) is 0 Å². The highest BCUT2D eigenvalue weighted by atomic mass is 16.1. The fourth-order valence-electron chi connectivity index (χ4n) is 1.75. The summed E-state index contributed by atoms with van der Waals surface area (Å²) < 4.78 is 2.10. The number of hydrogen-bond acceptors (Lipinski definition) is 1. The maximum absolute atomic E-state index is 10.5. The second-order valence-corrected chi connectivity index (χ2v) is 3.43. The molecule has 0 N–H and O–H groups in total. The number of aryl methyl sites for hydroxylation is 1. The predicted octanol–water partition coefficient (Wildman–Crippen LogP) is 2.50. The normalized spacial score (nSPS) is 12.8. The van der Waals surface area contributed by atoms with E-state index in [0.717, 1.165) is 19.1 Å². The number of aldehydes is 1. The monoisotopic (exact) mass is 179 g/mol. The van der Waals surface area contributed by atoms with Crippen LogP contribution in [0.1, 0.15) is 37.8 Å². The molecule has 2 nitrogen and oxygen atoms in total. The summed E-state index contributed by atoms with van der Waals surface area (Å²) in [4.78, 5) is 10.5. The van der Waals surface area contributed by atoms with Crippen LogP contribution < -0.4 is 0 Å². The maximum atomic E-state index is 10.5. The molecule has 72 valence electrons. The quantitative estimate of drug-likeness (QED) is 0.636. The van der Waals surface area contributed by atoms with Gasteiger partial charge in [-0.3, -0.25) is 0 Å². The van der Waals surface area contributed by atoms with Crippen LogP contribution in [0, 0.1) is 0 Å². The van der Waals surface area contributed by atoms with E-state index in [2.05, 4.69) is 17.6 Å². The van der Waals surface area contributed by atoms with Crippen molar-refractivity contribution in [3.05, 3.63) is 24.0 Å². The van der Waals surface area contributed by atoms with Crippen molar-refractivity contribution in [3.63, 3.8) is 0 Å². The van der Waals surface area contributed by atoms with Crippen LogP contribution in [0.3, 0.4) is 0 Å². The van der Waals surface area contributed by atoms with Gasteiger partial charge in [-0.15, -0.1) is 0 Å². The van der Waals surface area contributed by atoms with Gasteiger partial charge in [0.25, 0.3) is 0 Å². The molecule has 0 saturated carbocycles. The highest BCUT2D eigenvalue weighted by Crippen LogP contribution is 2.23. The lowest BCUT2D eigenvalue weighted by Crippen LogP contribution is -2.04. The molecule has 1 atom stereocenters. The van der Waals surface area contributed by atoms with Crippen molar-refractivity contribution in [1.29, 1.82) is 0 Å². The van der Waals surface area contributed by atoms with E-state index in [0.29, 0.717) is 12.3 Å². The number of nitrogens with zero attached hydrogens (tertiary/aromatic N) is 1. The van der Waals surface area contributed by atoms with Gasteiger partial charge >= 0.3 is 0 Å². The van der Waals surface area contributed by atoms with Gasteiger partial charge in [-0.25, -0.2) is 0 Å². The van der Waals surface area contributed by atoms with E-state index in [-0.39, 0.29) is 0 Å². The molecule has 1 aromatic heterocycles. The van der Waals surface area contributed by atoms with Crippen LogP contribution in [0.25, 0.3) is 0 Å². The zero-order valence-electron chi connectivity index (χ0n) is 8.36. The first-order valence-electron chi connectivity index (χ1n) is 4.84. The van der Waals surface area contributed by atoms with Crippen molar-refractivity contribution in [3.8, 4) is 0 Å². The Kier molecular flexibility index (Phi) is 3.74. The van der Waals surface area contributed by atoms with E-state index < -0.39 is 0 Å². The fourth-order valence-corrected chi connectivity index (χ4v) is 1.75. The van der Waals surface area contributed by atoms with Gasteiger partial charge in [0.1, 0.15) is 6.29 Å². The van der Waals surface area contributed by atoms with Gasteiger partial charge in [0, 0.05) is 31.3 Å². The predicted molar refractivity (Wildman–Crippen MR) is 53.7 cm³/mol. The first-order chi connectivity index (χ1) is 6.29. The molecular weight excluding hydrogens is 162 g/mol. The molecule has 0 spiro atoms. The largest absolute Gasteiger partial charge is 0.354 e. The molecule has 0 amide bonds. The summed E-state index contributed by atoms with van der Waals surface area (Å²) in [6, 6.07) is 4.13. The lowest BCUT2D eigenvalue weighted by Gasteiger charge is -2.14. The number of carbonyl (C=O) groups is 1. The molecule has 13 heavy (non-hydrogen) atoms. The van der Waals surface area contributed by atoms with Crippen molar-refractivity contribution in [1.82, 2.24) is 4.57 Å². The molecule has 0 fully saturated rings. The molecule has 1 heterocycles. The minimum Gasteiger partial charge on any atom is -0.354 e. The van der Waals surface area contributed by atoms with Gasteiger partial charge in [-0.2, -0.15) is 0 Å². The second-order valence-electron chi connectivity index (χ2n) is 3.43. The first kappa shape index (κ1) is 10.0. The molecule has 0 aromatic carbocycles. The van der Waals surface area contributed by atoms with Gasteiger partial charge in [-0.05, 0) is 18.6 Å². The Balaban J connectivity index is 2.74. The SMILES string of the molecule is CCC[C@H](CC=O)c1cccn1C. The molecule has 0 unspecified atom stereocenters. The molecule has 0 bridgehead atoms. The van der Waals surface area contributed by atoms with Crippen molar-refractivity contribution >= 4 is 6.29 Å². The third-order valence-corrected chi connectivity index (χ3v) is 2.42. The van der Waals surface area contributed by atoms with Gasteiger partial charge < -0.3 is 9.36 Å². The van der Waals surface area contributed by atoms with E-state index in [1.807, 2.05) is 19.3 Å². The van der Waals surface area contributed by atoms with E-state index in [1.165, 1.54) is 5.69 Å². The Bertz CT molecular complexity index is 265. The molecule has 1 aromatic rings. The van der Waals surface area contributed by atoms with Crippen LogP contribution in [-0.2, 0) is 11.8 Å². The average molecular weight is 179 g/mol. The van der Waals surface area contributed by atoms with Crippen LogP contribution >= 0.6 is 0 Å². The van der Waals surface area contributed by atoms with Crippen molar-refractivity contribution in [2.45, 2.75) is 32.1 Å². The third kappa shape index (κ3) is 2.44. The minimum absolute atomic E-state index is 0.405. The van der Waals surface area contributed by atoms with E-state index in [4.69, 9.17) is 0 Å². The summed E-state index contributed by atoms with van der Waals surface area (Å²) in [5.41, 5.74) is 1.27. The molecule has 0 aliphatic rings. The van der Waals surface area contributed by atoms with Crippen molar-refractivity contribution in [2.24, 2.45) is 7.05 Å². The number of hydrogen-bond donors (Lipinski definition) is 0. The average Bonchev–Trinajstić information content (AvgIpc) is 2.51. The van der Waals surface area contributed by atoms with Gasteiger partial charge in [0.05, 0.1) is 0 Å². The summed E-state index contributed by atoms with van der Waals surface area (Å²) in [5, 5.41) is 0. The summed E-state index contributed by atoms with van der Waals surface area (Å²) in [6.07, 6.45) is 5.92. The summed E-state index contributed by atoms with van der Waals surface area (Å²) in [7, 11) is 2.03. The zero-order chi connectivity index (χ0) is 9.68. The van der Waals surface area contributed by atoms with Crippen molar-refractivity contribution in [2.75, 3.05) is 0 Å². The summed E-state index contributed by atoms with van der Waals surface area (Å²) in [6.45, 7) is 2.15. The highest BCUT2D eigenvalue weighted by Gasteiger charge is 2.11. The molecule has 0 aliphatic carbocycles. The van der Waals surface area contributed by atoms with E-state index in [1.54, 1.807) is 0 Å². The van der Waals surface area contributed by atoms with Crippen LogP contribution in [0.2, 0.25) is 0 Å². The van der Waals surface area contributed by atoms with Gasteiger partial charge in [0.2, 0.25) is 0 Å². The van der Waals surface area contributed by atoms with Gasteiger partial charge in [0.15, 0.2) is 0 Å². The Morgan fingerprint density at radius 3 is 2.85 bits per heavy atom. The number of carbonyl (C=O) groups excluding carboxylic acids is 1. The Morgan fingerprint density at radius 2 is 2.38 bits per heavy atom. The maximum Gasteiger partial charge on any atom is 0.120 e. The second kappa shape index (κ2) is 4.85. The topological polar surface area (TPSA) is 22.0 Å². The smallest absolute Gasteiger partial charge is 0.120 e. The Morgan fingerprint density at radius 1 is 1.62 bits per heavy atom. The van der Waals surface area contributed by atoms with Crippen molar-refractivity contribution < 1.29 is 4.79 Å². The standard InChI is InChI=1S/C11H17NO/c1-3-5-10(7-9-13)11-6-4-8-12(11)2/h4,6,8-10H,3,5,7H2,1-2H3/t10-/m1/s1. The van der Waals surface area contributed by atoms with Crippen LogP contribution in [-0.4, -0.2) is 10.9 Å². The molecule has 0 saturated heterocycles. The lowest BCUT2D eigenvalue weighted by molar-refractivity contribution is -0.108. The molecule has 2 heteroatoms. The highest BCUT2D eigenvalue weighted by molar-refractivity contribution is 5.51. The summed E-state index contributed by atoms with van der Waals surface area (Å²) >= 11 is 0. The first-order valence-corrected chi connectivity index (χ1v) is 4.84. The Labute approximate surface area is 79.6 Å². The lowest BCUT2D eigenvalue weighted by atomic mass is 9.97. The molecular formula is C11H17NO. The van der Waals surface area contributed by atoms with E-state index >= 15 is 0 Å². The molecule has 0 radical (unpaired) electrons. The molecule has 0 aliphatic heterocycles. The fraction of sp³-hybridized carbons (Fsp3) is 0.545. The van der Waals surface area contributed by atoms with Gasteiger partial charge in [-0.1, -0.05) is 13.3 Å². The van der Waals surface area contributed by atoms with Crippen LogP contribution in [0.15, 0.2) is 18.3 Å². The summed E-state index contributed by atoms with van der Waals surface area (Å²) in [5.74, 6) is 0.405. The Hall–Kier alpha value is -1.05. The zero-order valence-corrected chi connectivity index (χ0v) is 8.36.